The molecule has 0 bridgehead atoms. The fourth-order valence-electron chi connectivity index (χ4n) is 3.49. The maximum atomic E-state index is 13.1. The number of hydrogen-bond donors (Lipinski definition) is 1. The predicted octanol–water partition coefficient (Wildman–Crippen LogP) is 4.48. The Balaban J connectivity index is 1.65. The Bertz CT molecular complexity index is 1040. The van der Waals surface area contributed by atoms with Gasteiger partial charge in [-0.1, -0.05) is 36.4 Å². The van der Waals surface area contributed by atoms with Crippen LogP contribution in [0.15, 0.2) is 70.7 Å². The van der Waals surface area contributed by atoms with Crippen molar-refractivity contribution in [1.29, 1.82) is 0 Å². The second kappa shape index (κ2) is 6.00. The van der Waals surface area contributed by atoms with Crippen molar-refractivity contribution in [3.63, 3.8) is 0 Å². The highest BCUT2D eigenvalue weighted by Crippen LogP contribution is 2.44. The lowest BCUT2D eigenvalue weighted by Crippen LogP contribution is -2.28. The summed E-state index contributed by atoms with van der Waals surface area (Å²) >= 11 is 1.64. The van der Waals surface area contributed by atoms with E-state index >= 15 is 0 Å². The number of carbonyl (C=O) groups excluding carboxylic acids is 1. The molecule has 1 N–H and O–H groups in total. The Morgan fingerprint density at radius 3 is 2.73 bits per heavy atom. The third-order valence-corrected chi connectivity index (χ3v) is 5.55. The molecule has 128 valence electrons. The van der Waals surface area contributed by atoms with Gasteiger partial charge in [0.1, 0.15) is 11.5 Å². The summed E-state index contributed by atoms with van der Waals surface area (Å²) < 4.78 is 5.48. The summed E-state index contributed by atoms with van der Waals surface area (Å²) in [5.41, 5.74) is 3.33. The van der Waals surface area contributed by atoms with Crippen LogP contribution >= 0.6 is 11.3 Å². The summed E-state index contributed by atoms with van der Waals surface area (Å²) in [6, 6.07) is 17.6. The van der Waals surface area contributed by atoms with Crippen LogP contribution in [0.1, 0.15) is 32.7 Å². The summed E-state index contributed by atoms with van der Waals surface area (Å²) in [5.74, 6) is 0.712. The second-order valence-corrected chi connectivity index (χ2v) is 7.14. The van der Waals surface area contributed by atoms with Crippen molar-refractivity contribution in [2.75, 3.05) is 0 Å². The molecule has 0 spiro atoms. The van der Waals surface area contributed by atoms with Gasteiger partial charge in [-0.2, -0.15) is 5.10 Å². The summed E-state index contributed by atoms with van der Waals surface area (Å²) in [6.07, 6.45) is 1.63. The van der Waals surface area contributed by atoms with Crippen LogP contribution in [0.5, 0.6) is 0 Å². The van der Waals surface area contributed by atoms with E-state index in [4.69, 9.17) is 4.42 Å². The lowest BCUT2D eigenvalue weighted by atomic mass is 10.0. The molecule has 0 aliphatic carbocycles. The minimum atomic E-state index is -0.170. The van der Waals surface area contributed by atoms with E-state index in [9.17, 15) is 4.79 Å². The number of amides is 1. The van der Waals surface area contributed by atoms with Gasteiger partial charge in [-0.3, -0.25) is 9.89 Å². The van der Waals surface area contributed by atoms with Crippen molar-refractivity contribution in [3.8, 4) is 11.3 Å². The standard InChI is InChI=1S/C20H15N3O2S/c24-20-18-16(17(21-22-18)13-6-2-1-3-7-13)19(15-9-5-11-26-15)23(20)12-14-8-4-10-25-14/h1-11,19H,12H2,(H,21,22). The first-order chi connectivity index (χ1) is 12.8. The van der Waals surface area contributed by atoms with Crippen LogP contribution in [-0.4, -0.2) is 21.0 Å². The third kappa shape index (κ3) is 2.30. The van der Waals surface area contributed by atoms with E-state index in [1.165, 1.54) is 0 Å². The number of aromatic nitrogens is 2. The van der Waals surface area contributed by atoms with E-state index in [1.54, 1.807) is 17.6 Å². The fourth-order valence-corrected chi connectivity index (χ4v) is 4.33. The van der Waals surface area contributed by atoms with Crippen molar-refractivity contribution < 1.29 is 9.21 Å². The number of thiophene rings is 1. The zero-order valence-corrected chi connectivity index (χ0v) is 14.6. The number of nitrogens with zero attached hydrogens (tertiary/aromatic N) is 2. The van der Waals surface area contributed by atoms with E-state index in [2.05, 4.69) is 16.3 Å². The summed E-state index contributed by atoms with van der Waals surface area (Å²) in [7, 11) is 0. The van der Waals surface area contributed by atoms with Crippen LogP contribution in [0.25, 0.3) is 11.3 Å². The number of nitrogens with one attached hydrogen (secondary N) is 1. The molecule has 0 radical (unpaired) electrons. The number of aromatic amines is 1. The van der Waals surface area contributed by atoms with E-state index < -0.39 is 0 Å². The third-order valence-electron chi connectivity index (χ3n) is 4.63. The normalized spacial score (nSPS) is 16.2. The molecule has 1 unspecified atom stereocenters. The van der Waals surface area contributed by atoms with E-state index in [1.807, 2.05) is 58.8 Å². The minimum absolute atomic E-state index is 0.0514. The van der Waals surface area contributed by atoms with Gasteiger partial charge in [0, 0.05) is 16.0 Å². The zero-order chi connectivity index (χ0) is 17.5. The number of rotatable bonds is 4. The Morgan fingerprint density at radius 2 is 2.00 bits per heavy atom. The number of fused-ring (bicyclic) bond motifs is 1. The monoisotopic (exact) mass is 361 g/mol. The Kier molecular flexibility index (Phi) is 3.50. The van der Waals surface area contributed by atoms with Crippen molar-refractivity contribution in [2.45, 2.75) is 12.6 Å². The van der Waals surface area contributed by atoms with Crippen molar-refractivity contribution in [2.24, 2.45) is 0 Å². The van der Waals surface area contributed by atoms with E-state index in [0.29, 0.717) is 12.2 Å². The molecule has 1 atom stereocenters. The highest BCUT2D eigenvalue weighted by atomic mass is 32.1. The van der Waals surface area contributed by atoms with Crippen molar-refractivity contribution >= 4 is 17.2 Å². The lowest BCUT2D eigenvalue weighted by molar-refractivity contribution is 0.0719. The quantitative estimate of drug-likeness (QED) is 0.583. The van der Waals surface area contributed by atoms with Gasteiger partial charge in [-0.05, 0) is 23.6 Å². The number of H-pyrrole nitrogens is 1. The van der Waals surface area contributed by atoms with Gasteiger partial charge in [0.25, 0.3) is 5.91 Å². The van der Waals surface area contributed by atoms with E-state index in [0.717, 1.165) is 27.5 Å². The van der Waals surface area contributed by atoms with Gasteiger partial charge in [0.05, 0.1) is 24.5 Å². The molecule has 1 aliphatic rings. The lowest BCUT2D eigenvalue weighted by Gasteiger charge is -2.24. The molecule has 5 rings (SSSR count). The number of furan rings is 1. The Labute approximate surface area is 153 Å². The number of benzene rings is 1. The molecule has 0 saturated heterocycles. The first-order valence-electron chi connectivity index (χ1n) is 8.33. The van der Waals surface area contributed by atoms with Gasteiger partial charge in [-0.25, -0.2) is 0 Å². The van der Waals surface area contributed by atoms with Gasteiger partial charge < -0.3 is 9.32 Å². The number of hydrogen-bond acceptors (Lipinski definition) is 4. The average Bonchev–Trinajstić information content (AvgIpc) is 3.45. The average molecular weight is 361 g/mol. The molecule has 1 aliphatic heterocycles. The van der Waals surface area contributed by atoms with Gasteiger partial charge in [0.2, 0.25) is 0 Å². The van der Waals surface area contributed by atoms with Crippen molar-refractivity contribution in [3.05, 3.63) is 88.1 Å². The van der Waals surface area contributed by atoms with Crippen LogP contribution in [0.4, 0.5) is 0 Å². The van der Waals surface area contributed by atoms with Gasteiger partial charge >= 0.3 is 0 Å². The molecule has 1 amide bonds. The summed E-state index contributed by atoms with van der Waals surface area (Å²) in [5, 5.41) is 9.46. The molecular formula is C20H15N3O2S. The molecular weight excluding hydrogens is 346 g/mol. The van der Waals surface area contributed by atoms with Gasteiger partial charge in [0.15, 0.2) is 0 Å². The molecule has 5 nitrogen and oxygen atoms in total. The topological polar surface area (TPSA) is 62.1 Å². The fraction of sp³-hybridized carbons (Fsp3) is 0.100. The van der Waals surface area contributed by atoms with Crippen LogP contribution in [-0.2, 0) is 6.54 Å². The first-order valence-corrected chi connectivity index (χ1v) is 9.21. The highest BCUT2D eigenvalue weighted by molar-refractivity contribution is 7.10. The van der Waals surface area contributed by atoms with Crippen LogP contribution in [0.2, 0.25) is 0 Å². The SMILES string of the molecule is O=C1c2[nH]nc(-c3ccccc3)c2C(c2cccs2)N1Cc1ccco1. The zero-order valence-electron chi connectivity index (χ0n) is 13.8. The molecule has 3 aromatic heterocycles. The largest absolute Gasteiger partial charge is 0.467 e. The highest BCUT2D eigenvalue weighted by Gasteiger charge is 2.42. The molecule has 6 heteroatoms. The number of carbonyl (C=O) groups is 1. The van der Waals surface area contributed by atoms with Crippen LogP contribution in [0, 0.1) is 0 Å². The first kappa shape index (κ1) is 15.2. The van der Waals surface area contributed by atoms with Crippen molar-refractivity contribution in [1.82, 2.24) is 15.1 Å². The predicted molar refractivity (Wildman–Crippen MR) is 98.8 cm³/mol. The molecule has 1 aromatic carbocycles. The maximum absolute atomic E-state index is 13.1. The van der Waals surface area contributed by atoms with E-state index in [-0.39, 0.29) is 11.9 Å². The molecule has 0 fully saturated rings. The summed E-state index contributed by atoms with van der Waals surface area (Å²) in [6.45, 7) is 0.422. The Hall–Kier alpha value is -3.12. The van der Waals surface area contributed by atoms with Crippen LogP contribution < -0.4 is 0 Å². The minimum Gasteiger partial charge on any atom is -0.467 e. The molecule has 26 heavy (non-hydrogen) atoms. The van der Waals surface area contributed by atoms with Crippen LogP contribution in [0.3, 0.4) is 0 Å². The maximum Gasteiger partial charge on any atom is 0.273 e. The molecule has 4 aromatic rings. The van der Waals surface area contributed by atoms with Gasteiger partial charge in [-0.15, -0.1) is 11.3 Å². The molecule has 4 heterocycles. The molecule has 0 saturated carbocycles. The Morgan fingerprint density at radius 1 is 1.12 bits per heavy atom. The smallest absolute Gasteiger partial charge is 0.273 e. The second-order valence-electron chi connectivity index (χ2n) is 6.16. The summed E-state index contributed by atoms with van der Waals surface area (Å²) in [4.78, 5) is 16.1.